The van der Waals surface area contributed by atoms with Crippen molar-refractivity contribution in [2.45, 2.75) is 10.8 Å². The van der Waals surface area contributed by atoms with E-state index in [0.29, 0.717) is 0 Å². The van der Waals surface area contributed by atoms with Gasteiger partial charge in [0.15, 0.2) is 0 Å². The Balaban J connectivity index is 2.48. The van der Waals surface area contributed by atoms with Crippen LogP contribution < -0.4 is 0 Å². The van der Waals surface area contributed by atoms with Crippen molar-refractivity contribution >= 4 is 17.2 Å². The Bertz CT molecular complexity index is 40.0. The average Bonchev–Trinajstić information content (AvgIpc) is 1.36. The number of rotatable bonds is 0. The third kappa shape index (κ3) is 0.126. The number of fused-ring (bicyclic) bond motifs is 1. The molecule has 0 unspecified atom stereocenters. The summed E-state index contributed by atoms with van der Waals surface area (Å²) in [6.45, 7) is 0. The molecule has 0 saturated carbocycles. The summed E-state index contributed by atoms with van der Waals surface area (Å²) in [5.74, 6) is 0. The molecule has 0 atom stereocenters. The monoisotopic (exact) mass is 90.0 g/mol. The van der Waals surface area contributed by atoms with E-state index in [1.165, 1.54) is 28.0 Å². The van der Waals surface area contributed by atoms with Gasteiger partial charge in [0.1, 0.15) is 0 Å². The lowest BCUT2D eigenvalue weighted by Gasteiger charge is -1.62. The first kappa shape index (κ1) is 2.11. The van der Waals surface area contributed by atoms with Gasteiger partial charge >= 0.3 is 0 Å². The molecule has 0 N–H and O–H groups in total. The highest BCUT2D eigenvalue weighted by Gasteiger charge is 2.53. The topological polar surface area (TPSA) is 0 Å². The molecule has 0 nitrogen and oxygen atoms in total. The van der Waals surface area contributed by atoms with Gasteiger partial charge in [-0.2, -0.15) is 0 Å². The molecular weight excluding hydrogens is 86.0 g/mol. The summed E-state index contributed by atoms with van der Waals surface area (Å²) >= 11 is 0. The lowest BCUT2D eigenvalue weighted by molar-refractivity contribution is 1.73. The van der Waals surface area contributed by atoms with Gasteiger partial charge in [-0.3, -0.25) is 0 Å². The first-order chi connectivity index (χ1) is 1.97. The van der Waals surface area contributed by atoms with Crippen LogP contribution in [0.1, 0.15) is 0 Å². The summed E-state index contributed by atoms with van der Waals surface area (Å²) in [4.78, 5) is 0. The molecule has 0 spiro atoms. The standard InChI is InChI=1S/C2H4P2/c3-1-2(3)4-1/h1-4H. The number of hydrogen-bond donors (Lipinski definition) is 0. The van der Waals surface area contributed by atoms with E-state index in [9.17, 15) is 0 Å². The molecule has 22 valence electrons. The normalized spacial score (nSPS) is 78.0. The van der Waals surface area contributed by atoms with Crippen LogP contribution in [0.25, 0.3) is 0 Å². The molecule has 0 aromatic rings. The first-order valence-electron chi connectivity index (χ1n) is 1.49. The summed E-state index contributed by atoms with van der Waals surface area (Å²) in [6.07, 6.45) is 0. The highest BCUT2D eigenvalue weighted by molar-refractivity contribution is 7.88. The molecule has 0 amide bonds. The van der Waals surface area contributed by atoms with Crippen molar-refractivity contribution in [2.24, 2.45) is 0 Å². The third-order valence-corrected chi connectivity index (χ3v) is 5.50. The van der Waals surface area contributed by atoms with Crippen molar-refractivity contribution in [1.82, 2.24) is 0 Å². The lowest BCUT2D eigenvalue weighted by Crippen LogP contribution is -1.21. The summed E-state index contributed by atoms with van der Waals surface area (Å²) in [5, 5.41) is 2.61. The van der Waals surface area contributed by atoms with E-state index in [2.05, 4.69) is 0 Å². The van der Waals surface area contributed by atoms with Crippen LogP contribution in [-0.2, 0) is 0 Å². The lowest BCUT2D eigenvalue weighted by atomic mass is 11.0. The van der Waals surface area contributed by atoms with Crippen LogP contribution in [0.4, 0.5) is 0 Å². The average molecular weight is 90.0 g/mol. The molecule has 2 aliphatic rings. The van der Waals surface area contributed by atoms with E-state index >= 15 is 0 Å². The van der Waals surface area contributed by atoms with Crippen molar-refractivity contribution < 1.29 is 0 Å². The molecule has 2 rings (SSSR count). The van der Waals surface area contributed by atoms with Gasteiger partial charge in [-0.15, -0.1) is 17.2 Å². The first-order valence-corrected chi connectivity index (χ1v) is 3.80. The minimum Gasteiger partial charge on any atom is -0.105 e. The van der Waals surface area contributed by atoms with Gasteiger partial charge in [0, 0.05) is 10.8 Å². The van der Waals surface area contributed by atoms with Gasteiger partial charge in [-0.25, -0.2) is 0 Å². The van der Waals surface area contributed by atoms with Crippen molar-refractivity contribution in [3.05, 3.63) is 0 Å². The predicted molar refractivity (Wildman–Crippen MR) is 24.2 cm³/mol. The predicted octanol–water partition coefficient (Wildman–Crippen LogP) is 1.02. The molecule has 0 aromatic carbocycles. The zero-order valence-corrected chi connectivity index (χ0v) is 4.15. The molecule has 2 saturated heterocycles. The molecule has 0 aromatic heterocycles. The summed E-state index contributed by atoms with van der Waals surface area (Å²) in [6, 6.07) is 0. The van der Waals surface area contributed by atoms with E-state index in [-0.39, 0.29) is 0 Å². The second kappa shape index (κ2) is 0.402. The third-order valence-electron chi connectivity index (χ3n) is 0.833. The fraction of sp³-hybridized carbons (Fsp3) is 1.00. The Morgan fingerprint density at radius 2 is 1.25 bits per heavy atom. The molecule has 2 aliphatic heterocycles. The SMILES string of the molecule is P1C2PC12. The molecule has 2 fully saturated rings. The minimum absolute atomic E-state index is 1.31. The van der Waals surface area contributed by atoms with Gasteiger partial charge in [0.25, 0.3) is 0 Å². The maximum atomic E-state index is 1.42. The Labute approximate surface area is 28.9 Å². The van der Waals surface area contributed by atoms with Gasteiger partial charge in [-0.1, -0.05) is 0 Å². The van der Waals surface area contributed by atoms with Gasteiger partial charge in [-0.05, 0) is 0 Å². The van der Waals surface area contributed by atoms with Crippen molar-refractivity contribution in [1.29, 1.82) is 0 Å². The number of hydrogen-bond acceptors (Lipinski definition) is 0. The Kier molecular flexibility index (Phi) is 0.212. The smallest absolute Gasteiger partial charge is 0.00532 e. The highest BCUT2D eigenvalue weighted by atomic mass is 31.2. The van der Waals surface area contributed by atoms with Crippen LogP contribution in [0.15, 0.2) is 0 Å². The van der Waals surface area contributed by atoms with E-state index in [1.54, 1.807) is 0 Å². The quantitative estimate of drug-likeness (QED) is 0.389. The molecule has 2 heterocycles. The summed E-state index contributed by atoms with van der Waals surface area (Å²) < 4.78 is 0. The van der Waals surface area contributed by atoms with Crippen LogP contribution >= 0.6 is 17.2 Å². The van der Waals surface area contributed by atoms with E-state index < -0.39 is 0 Å². The van der Waals surface area contributed by atoms with Gasteiger partial charge in [0.05, 0.1) is 0 Å². The highest BCUT2D eigenvalue weighted by Crippen LogP contribution is 2.83. The Morgan fingerprint density at radius 3 is 1.25 bits per heavy atom. The summed E-state index contributed by atoms with van der Waals surface area (Å²) in [7, 11) is 2.83. The van der Waals surface area contributed by atoms with E-state index in [1.807, 2.05) is 0 Å². The molecule has 4 heavy (non-hydrogen) atoms. The molecular formula is C2H4P2. The maximum absolute atomic E-state index is 1.42. The minimum atomic E-state index is 1.31. The van der Waals surface area contributed by atoms with E-state index in [0.717, 1.165) is 0 Å². The molecule has 0 aliphatic carbocycles. The summed E-state index contributed by atoms with van der Waals surface area (Å²) in [5.41, 5.74) is 0. The zero-order chi connectivity index (χ0) is 2.57. The zero-order valence-electron chi connectivity index (χ0n) is 2.15. The fourth-order valence-electron chi connectivity index (χ4n) is 0.276. The second-order valence-electron chi connectivity index (χ2n) is 1.29. The van der Waals surface area contributed by atoms with Crippen LogP contribution in [0.3, 0.4) is 0 Å². The largest absolute Gasteiger partial charge is 0.105 e. The van der Waals surface area contributed by atoms with Crippen molar-refractivity contribution in [3.8, 4) is 0 Å². The van der Waals surface area contributed by atoms with Gasteiger partial charge < -0.3 is 0 Å². The fourth-order valence-corrected chi connectivity index (χ4v) is 2.48. The van der Waals surface area contributed by atoms with Crippen LogP contribution in [0.5, 0.6) is 0 Å². The van der Waals surface area contributed by atoms with E-state index in [4.69, 9.17) is 0 Å². The maximum Gasteiger partial charge on any atom is 0.00532 e. The molecule has 0 bridgehead atoms. The van der Waals surface area contributed by atoms with Crippen LogP contribution in [0, 0.1) is 0 Å². The Morgan fingerprint density at radius 1 is 1.00 bits per heavy atom. The molecule has 0 radical (unpaired) electrons. The molecule has 2 heteroatoms. The Hall–Kier alpha value is 0.860. The van der Waals surface area contributed by atoms with Crippen LogP contribution in [0.2, 0.25) is 0 Å². The van der Waals surface area contributed by atoms with Crippen LogP contribution in [-0.4, -0.2) is 10.8 Å². The van der Waals surface area contributed by atoms with Gasteiger partial charge in [0.2, 0.25) is 0 Å². The van der Waals surface area contributed by atoms with Crippen molar-refractivity contribution in [2.75, 3.05) is 0 Å². The van der Waals surface area contributed by atoms with Crippen molar-refractivity contribution in [3.63, 3.8) is 0 Å². The second-order valence-corrected chi connectivity index (χ2v) is 5.60.